The molecule has 1 aliphatic rings. The summed E-state index contributed by atoms with van der Waals surface area (Å²) >= 11 is 0. The van der Waals surface area contributed by atoms with Crippen molar-refractivity contribution in [2.75, 3.05) is 40.3 Å². The van der Waals surface area contributed by atoms with Crippen LogP contribution in [0.1, 0.15) is 5.76 Å². The van der Waals surface area contributed by atoms with Gasteiger partial charge in [0.2, 0.25) is 0 Å². The Morgan fingerprint density at radius 2 is 1.93 bits per heavy atom. The fourth-order valence-electron chi connectivity index (χ4n) is 1.63. The van der Waals surface area contributed by atoms with Gasteiger partial charge in [0, 0.05) is 26.2 Å². The van der Waals surface area contributed by atoms with E-state index in [2.05, 4.69) is 22.6 Å². The smallest absolute Gasteiger partial charge is 0.117 e. The number of piperazine rings is 1. The maximum Gasteiger partial charge on any atom is 0.117 e. The van der Waals surface area contributed by atoms with E-state index in [9.17, 15) is 0 Å². The van der Waals surface area contributed by atoms with E-state index in [1.54, 1.807) is 6.26 Å². The van der Waals surface area contributed by atoms with Crippen LogP contribution in [0.15, 0.2) is 22.8 Å². The summed E-state index contributed by atoms with van der Waals surface area (Å²) in [5.41, 5.74) is 4.50. The average molecular weight is 211 g/mol. The number of hydrogen-bond acceptors (Lipinski definition) is 4. The van der Waals surface area contributed by atoms with Crippen molar-refractivity contribution in [1.29, 1.82) is 0 Å². The highest BCUT2D eigenvalue weighted by atomic mass is 16.3. The van der Waals surface area contributed by atoms with Crippen LogP contribution in [0.2, 0.25) is 0 Å². The summed E-state index contributed by atoms with van der Waals surface area (Å²) in [6.45, 7) is 5.59. The van der Waals surface area contributed by atoms with Crippen molar-refractivity contribution in [3.63, 3.8) is 0 Å². The first-order valence-corrected chi connectivity index (χ1v) is 5.35. The van der Waals surface area contributed by atoms with Gasteiger partial charge in [-0.3, -0.25) is 4.90 Å². The second-order valence-electron chi connectivity index (χ2n) is 3.66. The molecule has 0 aromatic carbocycles. The summed E-state index contributed by atoms with van der Waals surface area (Å²) in [5.74, 6) is 1.07. The van der Waals surface area contributed by atoms with Gasteiger partial charge in [0.25, 0.3) is 0 Å². The molecular formula is C11H21N3O. The predicted octanol–water partition coefficient (Wildman–Crippen LogP) is 0.602. The zero-order valence-corrected chi connectivity index (χ0v) is 9.65. The zero-order valence-electron chi connectivity index (χ0n) is 9.65. The highest BCUT2D eigenvalue weighted by Crippen LogP contribution is 2.07. The van der Waals surface area contributed by atoms with E-state index in [4.69, 9.17) is 4.42 Å². The SMILES string of the molecule is CN.CN1CCN(Cc2ccco2)CC1. The molecule has 0 spiro atoms. The molecule has 4 nitrogen and oxygen atoms in total. The lowest BCUT2D eigenvalue weighted by molar-refractivity contribution is 0.140. The number of likely N-dealkylation sites (N-methyl/N-ethyl adjacent to an activating group) is 1. The first-order chi connectivity index (χ1) is 7.34. The molecule has 0 atom stereocenters. The van der Waals surface area contributed by atoms with Gasteiger partial charge in [-0.05, 0) is 26.2 Å². The topological polar surface area (TPSA) is 45.6 Å². The van der Waals surface area contributed by atoms with E-state index in [0.29, 0.717) is 0 Å². The highest BCUT2D eigenvalue weighted by Gasteiger charge is 2.14. The molecule has 0 amide bonds. The van der Waals surface area contributed by atoms with Crippen LogP contribution in [0.5, 0.6) is 0 Å². The van der Waals surface area contributed by atoms with Crippen molar-refractivity contribution in [2.45, 2.75) is 6.54 Å². The third kappa shape index (κ3) is 4.03. The second-order valence-corrected chi connectivity index (χ2v) is 3.66. The van der Waals surface area contributed by atoms with Gasteiger partial charge in [-0.1, -0.05) is 0 Å². The normalized spacial score (nSPS) is 18.3. The van der Waals surface area contributed by atoms with Crippen molar-refractivity contribution >= 4 is 0 Å². The summed E-state index contributed by atoms with van der Waals surface area (Å²) in [6, 6.07) is 3.99. The maximum atomic E-state index is 5.31. The highest BCUT2D eigenvalue weighted by molar-refractivity contribution is 4.98. The fourth-order valence-corrected chi connectivity index (χ4v) is 1.63. The van der Waals surface area contributed by atoms with Crippen molar-refractivity contribution in [2.24, 2.45) is 5.73 Å². The third-order valence-corrected chi connectivity index (χ3v) is 2.56. The minimum atomic E-state index is 0.959. The molecule has 2 N–H and O–H groups in total. The summed E-state index contributed by atoms with van der Waals surface area (Å²) in [4.78, 5) is 4.79. The molecule has 1 aliphatic heterocycles. The molecule has 15 heavy (non-hydrogen) atoms. The van der Waals surface area contributed by atoms with Gasteiger partial charge in [0.15, 0.2) is 0 Å². The summed E-state index contributed by atoms with van der Waals surface area (Å²) in [6.07, 6.45) is 1.74. The van der Waals surface area contributed by atoms with Crippen LogP contribution in [-0.4, -0.2) is 50.1 Å². The van der Waals surface area contributed by atoms with Crippen molar-refractivity contribution in [1.82, 2.24) is 9.80 Å². The van der Waals surface area contributed by atoms with E-state index >= 15 is 0 Å². The molecule has 0 saturated carbocycles. The van der Waals surface area contributed by atoms with E-state index in [0.717, 1.165) is 25.4 Å². The Hall–Kier alpha value is -0.840. The van der Waals surface area contributed by atoms with Crippen molar-refractivity contribution < 1.29 is 4.42 Å². The summed E-state index contributed by atoms with van der Waals surface area (Å²) < 4.78 is 5.31. The molecule has 0 aliphatic carbocycles. The van der Waals surface area contributed by atoms with Crippen LogP contribution in [0.25, 0.3) is 0 Å². The van der Waals surface area contributed by atoms with E-state index in [-0.39, 0.29) is 0 Å². The number of nitrogens with zero attached hydrogens (tertiary/aromatic N) is 2. The lowest BCUT2D eigenvalue weighted by atomic mass is 10.3. The number of furan rings is 1. The molecule has 86 valence electrons. The Morgan fingerprint density at radius 3 is 2.47 bits per heavy atom. The maximum absolute atomic E-state index is 5.31. The molecule has 0 bridgehead atoms. The van der Waals surface area contributed by atoms with Crippen molar-refractivity contribution in [3.8, 4) is 0 Å². The van der Waals surface area contributed by atoms with Crippen LogP contribution in [-0.2, 0) is 6.54 Å². The van der Waals surface area contributed by atoms with Gasteiger partial charge < -0.3 is 15.1 Å². The van der Waals surface area contributed by atoms with Crippen molar-refractivity contribution in [3.05, 3.63) is 24.2 Å². The lowest BCUT2D eigenvalue weighted by Crippen LogP contribution is -2.43. The molecular weight excluding hydrogens is 190 g/mol. The third-order valence-electron chi connectivity index (χ3n) is 2.56. The van der Waals surface area contributed by atoms with E-state index in [1.165, 1.54) is 20.1 Å². The number of hydrogen-bond donors (Lipinski definition) is 1. The first kappa shape index (κ1) is 12.2. The second kappa shape index (κ2) is 6.61. The quantitative estimate of drug-likeness (QED) is 0.778. The largest absolute Gasteiger partial charge is 0.468 e. The van der Waals surface area contributed by atoms with E-state index < -0.39 is 0 Å². The number of nitrogens with two attached hydrogens (primary N) is 1. The van der Waals surface area contributed by atoms with E-state index in [1.807, 2.05) is 12.1 Å². The Morgan fingerprint density at radius 1 is 1.27 bits per heavy atom. The molecule has 4 heteroatoms. The average Bonchev–Trinajstić information content (AvgIpc) is 2.77. The molecule has 1 aromatic heterocycles. The van der Waals surface area contributed by atoms with Gasteiger partial charge in [-0.25, -0.2) is 0 Å². The summed E-state index contributed by atoms with van der Waals surface area (Å²) in [5, 5.41) is 0. The molecule has 2 heterocycles. The molecule has 1 saturated heterocycles. The summed E-state index contributed by atoms with van der Waals surface area (Å²) in [7, 11) is 3.67. The zero-order chi connectivity index (χ0) is 11.1. The van der Waals surface area contributed by atoms with Crippen LogP contribution in [0, 0.1) is 0 Å². The minimum Gasteiger partial charge on any atom is -0.468 e. The Labute approximate surface area is 91.6 Å². The first-order valence-electron chi connectivity index (χ1n) is 5.35. The Bertz CT molecular complexity index is 240. The fraction of sp³-hybridized carbons (Fsp3) is 0.636. The van der Waals surface area contributed by atoms with Gasteiger partial charge in [0.05, 0.1) is 12.8 Å². The monoisotopic (exact) mass is 211 g/mol. The molecule has 0 unspecified atom stereocenters. The molecule has 1 aromatic rings. The standard InChI is InChI=1S/C10H16N2O.CH5N/c1-11-4-6-12(7-5-11)9-10-3-2-8-13-10;1-2/h2-3,8H,4-7,9H2,1H3;2H2,1H3. The van der Waals surface area contributed by atoms with Gasteiger partial charge >= 0.3 is 0 Å². The predicted molar refractivity (Wildman–Crippen MR) is 61.6 cm³/mol. The van der Waals surface area contributed by atoms with Gasteiger partial charge in [0.1, 0.15) is 5.76 Å². The Balaban J connectivity index is 0.000000531. The molecule has 2 rings (SSSR count). The lowest BCUT2D eigenvalue weighted by Gasteiger charge is -2.31. The van der Waals surface area contributed by atoms with Gasteiger partial charge in [-0.15, -0.1) is 0 Å². The van der Waals surface area contributed by atoms with Crippen LogP contribution in [0.3, 0.4) is 0 Å². The van der Waals surface area contributed by atoms with Gasteiger partial charge in [-0.2, -0.15) is 0 Å². The molecule has 0 radical (unpaired) electrons. The van der Waals surface area contributed by atoms with Crippen LogP contribution >= 0.6 is 0 Å². The van der Waals surface area contributed by atoms with Crippen LogP contribution < -0.4 is 5.73 Å². The Kier molecular flexibility index (Phi) is 5.39. The molecule has 1 fully saturated rings. The number of rotatable bonds is 2. The van der Waals surface area contributed by atoms with Crippen LogP contribution in [0.4, 0.5) is 0 Å². The minimum absolute atomic E-state index is 0.959.